The highest BCUT2D eigenvalue weighted by Crippen LogP contribution is 2.34. The molecule has 1 aliphatic carbocycles. The smallest absolute Gasteiger partial charge is 0.326 e. The third kappa shape index (κ3) is 4.80. The van der Waals surface area contributed by atoms with Crippen LogP contribution in [-0.2, 0) is 6.42 Å². The van der Waals surface area contributed by atoms with Crippen LogP contribution in [0.1, 0.15) is 25.0 Å². The van der Waals surface area contributed by atoms with Crippen LogP contribution in [0.4, 0.5) is 16.0 Å². The second-order valence-corrected chi connectivity index (χ2v) is 9.48. The molecule has 0 spiro atoms. The summed E-state index contributed by atoms with van der Waals surface area (Å²) in [4.78, 5) is 15.9. The highest BCUT2D eigenvalue weighted by molar-refractivity contribution is 7.99. The lowest BCUT2D eigenvalue weighted by Crippen LogP contribution is -2.33. The van der Waals surface area contributed by atoms with E-state index >= 15 is 4.39 Å². The number of thioether (sulfide) groups is 1. The minimum absolute atomic E-state index is 0.113. The number of halogens is 1. The summed E-state index contributed by atoms with van der Waals surface area (Å²) in [5.41, 5.74) is 3.83. The second-order valence-electron chi connectivity index (χ2n) is 8.26. The highest BCUT2D eigenvalue weighted by Gasteiger charge is 2.21. The molecule has 0 amide bonds. The number of rotatable bonds is 5. The molecule has 1 N–H and O–H groups in total. The molecule has 0 radical (unpaired) electrons. The summed E-state index contributed by atoms with van der Waals surface area (Å²) in [6, 6.07) is 5.58. The minimum Gasteiger partial charge on any atom is -0.421 e. The van der Waals surface area contributed by atoms with Gasteiger partial charge in [-0.2, -0.15) is 21.7 Å². The molecule has 5 rings (SSSR count). The van der Waals surface area contributed by atoms with Crippen molar-refractivity contribution in [2.45, 2.75) is 20.3 Å². The zero-order valence-electron chi connectivity index (χ0n) is 18.8. The molecule has 1 fully saturated rings. The molecule has 1 aromatic heterocycles. The summed E-state index contributed by atoms with van der Waals surface area (Å²) in [7, 11) is 0. The van der Waals surface area contributed by atoms with Crippen LogP contribution in [0.15, 0.2) is 52.6 Å². The van der Waals surface area contributed by atoms with Gasteiger partial charge in [0, 0.05) is 36.2 Å². The molecule has 1 aromatic carbocycles. The molecule has 0 unspecified atom stereocenters. The molecule has 0 saturated carbocycles. The number of nitrogens with zero attached hydrogens (tertiary/aromatic N) is 4. The van der Waals surface area contributed by atoms with Crippen molar-refractivity contribution < 1.29 is 9.13 Å². The van der Waals surface area contributed by atoms with E-state index in [2.05, 4.69) is 25.2 Å². The number of amidine groups is 1. The van der Waals surface area contributed by atoms with Gasteiger partial charge in [-0.25, -0.2) is 4.39 Å². The second kappa shape index (κ2) is 9.39. The Hall–Kier alpha value is -3.13. The van der Waals surface area contributed by atoms with Gasteiger partial charge in [0.2, 0.25) is 0 Å². The van der Waals surface area contributed by atoms with E-state index in [1.165, 1.54) is 0 Å². The summed E-state index contributed by atoms with van der Waals surface area (Å²) in [6.07, 6.45) is 8.67. The molecule has 3 aliphatic rings. The van der Waals surface area contributed by atoms with Gasteiger partial charge in [-0.3, -0.25) is 4.99 Å². The maximum absolute atomic E-state index is 15.1. The summed E-state index contributed by atoms with van der Waals surface area (Å²) in [5, 5.41) is 3.27. The van der Waals surface area contributed by atoms with Crippen molar-refractivity contribution in [1.82, 2.24) is 9.97 Å². The fourth-order valence-corrected chi connectivity index (χ4v) is 5.04. The van der Waals surface area contributed by atoms with E-state index in [4.69, 9.17) is 4.74 Å². The molecule has 0 atom stereocenters. The van der Waals surface area contributed by atoms with Gasteiger partial charge >= 0.3 is 6.01 Å². The van der Waals surface area contributed by atoms with Gasteiger partial charge in [-0.1, -0.05) is 29.9 Å². The van der Waals surface area contributed by atoms with Crippen molar-refractivity contribution >= 4 is 35.3 Å². The van der Waals surface area contributed by atoms with Crippen molar-refractivity contribution in [2.75, 3.05) is 41.4 Å². The third-order valence-electron chi connectivity index (χ3n) is 5.71. The number of benzene rings is 1. The van der Waals surface area contributed by atoms with Crippen molar-refractivity contribution in [2.24, 2.45) is 4.99 Å². The van der Waals surface area contributed by atoms with E-state index in [0.717, 1.165) is 59.4 Å². The number of hydrogen-bond acceptors (Lipinski definition) is 7. The zero-order valence-corrected chi connectivity index (χ0v) is 19.6. The number of aliphatic imine (C=N–C) groups is 1. The first-order chi connectivity index (χ1) is 16.1. The molecular weight excluding hydrogens is 437 g/mol. The Morgan fingerprint density at radius 2 is 2.03 bits per heavy atom. The summed E-state index contributed by atoms with van der Waals surface area (Å²) in [6.45, 7) is 6.40. The molecule has 3 heterocycles. The van der Waals surface area contributed by atoms with Crippen molar-refractivity contribution in [3.8, 4) is 11.8 Å². The van der Waals surface area contributed by atoms with E-state index in [1.807, 2.05) is 62.0 Å². The first-order valence-electron chi connectivity index (χ1n) is 11.1. The molecule has 170 valence electrons. The van der Waals surface area contributed by atoms with E-state index in [-0.39, 0.29) is 17.6 Å². The molecule has 2 aliphatic heterocycles. The Labute approximate surface area is 197 Å². The maximum Gasteiger partial charge on any atom is 0.326 e. The lowest BCUT2D eigenvalue weighted by Gasteiger charge is -2.27. The largest absolute Gasteiger partial charge is 0.421 e. The van der Waals surface area contributed by atoms with E-state index < -0.39 is 0 Å². The minimum atomic E-state index is -0.374. The van der Waals surface area contributed by atoms with Gasteiger partial charge in [-0.05, 0) is 43.5 Å². The standard InChI is InChI=1S/C25H26FN5OS/c1-3-4-17-13-21(27-15-17)28-22-14-23(31-7-9-33-10-8-31)30-25(29-22)32-20-6-5-18-11-16(2)12-19(18)24(20)26/h3-6,12-14H,7-11,15H2,1-2H3,(H,27,28,29,30)/b4-3+. The topological polar surface area (TPSA) is 62.6 Å². The van der Waals surface area contributed by atoms with Crippen LogP contribution in [0.2, 0.25) is 0 Å². The lowest BCUT2D eigenvalue weighted by molar-refractivity contribution is 0.411. The number of fused-ring (bicyclic) bond motifs is 1. The van der Waals surface area contributed by atoms with Gasteiger partial charge < -0.3 is 15.0 Å². The monoisotopic (exact) mass is 463 g/mol. The van der Waals surface area contributed by atoms with Crippen LogP contribution < -0.4 is 15.0 Å². The van der Waals surface area contributed by atoms with Crippen molar-refractivity contribution in [1.29, 1.82) is 0 Å². The normalized spacial score (nSPS) is 17.7. The summed E-state index contributed by atoms with van der Waals surface area (Å²) in [5.74, 6) is 3.90. The molecule has 1 saturated heterocycles. The SMILES string of the molecule is C/C=C/C1=CC(Nc2cc(N3CCSCC3)nc(Oc3ccc4c(c3F)C=C(C)C4)n2)=NC1. The Morgan fingerprint density at radius 3 is 2.85 bits per heavy atom. The fraction of sp³-hybridized carbons (Fsp3) is 0.320. The van der Waals surface area contributed by atoms with Gasteiger partial charge in [0.15, 0.2) is 11.6 Å². The number of ether oxygens (including phenoxy) is 1. The van der Waals surface area contributed by atoms with Crippen LogP contribution in [0.25, 0.3) is 6.08 Å². The molecule has 8 heteroatoms. The fourth-order valence-electron chi connectivity index (χ4n) is 4.14. The van der Waals surface area contributed by atoms with Gasteiger partial charge in [0.05, 0.1) is 6.54 Å². The first kappa shape index (κ1) is 21.7. The average molecular weight is 464 g/mol. The number of nitrogens with one attached hydrogen (secondary N) is 1. The predicted octanol–water partition coefficient (Wildman–Crippen LogP) is 5.25. The maximum atomic E-state index is 15.1. The Morgan fingerprint density at radius 1 is 1.18 bits per heavy atom. The Bertz CT molecular complexity index is 1200. The number of hydrogen-bond donors (Lipinski definition) is 1. The molecule has 2 aromatic rings. The number of aromatic nitrogens is 2. The summed E-state index contributed by atoms with van der Waals surface area (Å²) < 4.78 is 21.0. The van der Waals surface area contributed by atoms with Crippen LogP contribution >= 0.6 is 11.8 Å². The number of anilines is 2. The van der Waals surface area contributed by atoms with Crippen molar-refractivity contribution in [3.05, 3.63) is 64.5 Å². The summed E-state index contributed by atoms with van der Waals surface area (Å²) >= 11 is 1.93. The molecule has 33 heavy (non-hydrogen) atoms. The lowest BCUT2D eigenvalue weighted by atomic mass is 10.1. The molecule has 6 nitrogen and oxygen atoms in total. The van der Waals surface area contributed by atoms with Crippen molar-refractivity contribution in [3.63, 3.8) is 0 Å². The van der Waals surface area contributed by atoms with E-state index in [9.17, 15) is 0 Å². The van der Waals surface area contributed by atoms with Crippen LogP contribution in [0.3, 0.4) is 0 Å². The number of allylic oxidation sites excluding steroid dienone is 2. The van der Waals surface area contributed by atoms with Gasteiger partial charge in [0.25, 0.3) is 0 Å². The quantitative estimate of drug-likeness (QED) is 0.654. The predicted molar refractivity (Wildman–Crippen MR) is 134 cm³/mol. The average Bonchev–Trinajstić information content (AvgIpc) is 3.42. The van der Waals surface area contributed by atoms with Gasteiger partial charge in [-0.15, -0.1) is 0 Å². The molecule has 0 bridgehead atoms. The van der Waals surface area contributed by atoms with E-state index in [0.29, 0.717) is 17.9 Å². The van der Waals surface area contributed by atoms with Crippen LogP contribution in [0.5, 0.6) is 11.8 Å². The zero-order chi connectivity index (χ0) is 22.8. The Kier molecular flexibility index (Phi) is 6.17. The van der Waals surface area contributed by atoms with Crippen LogP contribution in [-0.4, -0.2) is 46.9 Å². The molecular formula is C25H26FN5OS. The Balaban J connectivity index is 1.45. The third-order valence-corrected chi connectivity index (χ3v) is 6.66. The van der Waals surface area contributed by atoms with Gasteiger partial charge in [0.1, 0.15) is 17.5 Å². The van der Waals surface area contributed by atoms with Crippen LogP contribution in [0, 0.1) is 5.82 Å². The highest BCUT2D eigenvalue weighted by atomic mass is 32.2. The first-order valence-corrected chi connectivity index (χ1v) is 12.3. The van der Waals surface area contributed by atoms with E-state index in [1.54, 1.807) is 6.07 Å².